The summed E-state index contributed by atoms with van der Waals surface area (Å²) in [5.74, 6) is -0.808. The van der Waals surface area contributed by atoms with Crippen LogP contribution < -0.4 is 0 Å². The van der Waals surface area contributed by atoms with Gasteiger partial charge in [-0.2, -0.15) is 0 Å². The maximum atomic E-state index is 13.2. The Kier molecular flexibility index (Phi) is 3.21. The number of piperidine rings is 1. The van der Waals surface area contributed by atoms with Gasteiger partial charge in [-0.3, -0.25) is 14.4 Å². The lowest BCUT2D eigenvalue weighted by Crippen LogP contribution is -2.51. The predicted octanol–water partition coefficient (Wildman–Crippen LogP) is 2.10. The number of hydrogen-bond donors (Lipinski definition) is 1. The molecule has 1 amide bonds. The Morgan fingerprint density at radius 3 is 2.14 bits per heavy atom. The molecule has 0 aromatic rings. The van der Waals surface area contributed by atoms with Crippen molar-refractivity contribution in [3.05, 3.63) is 0 Å². The quantitative estimate of drug-likeness (QED) is 0.847. The minimum absolute atomic E-state index is 0.0795. The highest BCUT2D eigenvalue weighted by Gasteiger charge is 2.73. The Labute approximate surface area is 131 Å². The van der Waals surface area contributed by atoms with Crippen LogP contribution in [0.25, 0.3) is 0 Å². The van der Waals surface area contributed by atoms with Gasteiger partial charge in [0.2, 0.25) is 5.91 Å². The highest BCUT2D eigenvalue weighted by Crippen LogP contribution is 2.71. The molecule has 3 fully saturated rings. The standard InChI is InChI=1S/C17H25NO4/c1-15(2)16(3)6-7-17(15,10-12(16)19)14(22)18-8-4-11(5-9-18)13(20)21/h11H,4-10H2,1-3H3,(H,20,21)/t16-,17-/m1/s1. The van der Waals surface area contributed by atoms with Crippen molar-refractivity contribution in [3.63, 3.8) is 0 Å². The van der Waals surface area contributed by atoms with E-state index in [4.69, 9.17) is 5.11 Å². The zero-order valence-electron chi connectivity index (χ0n) is 13.6. The highest BCUT2D eigenvalue weighted by molar-refractivity contribution is 5.99. The molecule has 0 spiro atoms. The maximum absolute atomic E-state index is 13.2. The fraction of sp³-hybridized carbons (Fsp3) is 0.824. The van der Waals surface area contributed by atoms with Gasteiger partial charge >= 0.3 is 5.97 Å². The number of amides is 1. The van der Waals surface area contributed by atoms with Crippen molar-refractivity contribution in [3.8, 4) is 0 Å². The van der Waals surface area contributed by atoms with Gasteiger partial charge in [0.05, 0.1) is 11.3 Å². The van der Waals surface area contributed by atoms with Crippen molar-refractivity contribution < 1.29 is 19.5 Å². The molecule has 22 heavy (non-hydrogen) atoms. The van der Waals surface area contributed by atoms with Gasteiger partial charge in [0, 0.05) is 24.9 Å². The van der Waals surface area contributed by atoms with Crippen molar-refractivity contribution in [2.45, 2.75) is 52.9 Å². The number of carboxylic acids is 1. The number of nitrogens with zero attached hydrogens (tertiary/aromatic N) is 1. The number of Topliss-reactive ketones (excluding diaryl/α,β-unsaturated/α-hetero) is 1. The van der Waals surface area contributed by atoms with Crippen LogP contribution in [-0.4, -0.2) is 40.8 Å². The Morgan fingerprint density at radius 1 is 1.14 bits per heavy atom. The second-order valence-electron chi connectivity index (χ2n) is 8.04. The van der Waals surface area contributed by atoms with Crippen LogP contribution in [0.5, 0.6) is 0 Å². The Bertz CT molecular complexity index is 547. The topological polar surface area (TPSA) is 74.7 Å². The predicted molar refractivity (Wildman–Crippen MR) is 80.1 cm³/mol. The van der Waals surface area contributed by atoms with Crippen LogP contribution in [0.2, 0.25) is 0 Å². The van der Waals surface area contributed by atoms with Gasteiger partial charge in [0.1, 0.15) is 5.78 Å². The Hall–Kier alpha value is -1.39. The minimum atomic E-state index is -0.768. The molecule has 2 atom stereocenters. The number of likely N-dealkylation sites (tertiary alicyclic amines) is 1. The number of fused-ring (bicyclic) bond motifs is 2. The number of carbonyl (C=O) groups is 3. The van der Waals surface area contributed by atoms with Crippen molar-refractivity contribution in [2.75, 3.05) is 13.1 Å². The molecule has 3 rings (SSSR count). The fourth-order valence-electron chi connectivity index (χ4n) is 4.97. The average Bonchev–Trinajstić information content (AvgIpc) is 2.77. The summed E-state index contributed by atoms with van der Waals surface area (Å²) in [6.45, 7) is 7.13. The van der Waals surface area contributed by atoms with E-state index in [1.807, 2.05) is 11.8 Å². The molecule has 5 heteroatoms. The van der Waals surface area contributed by atoms with Crippen molar-refractivity contribution in [1.82, 2.24) is 4.90 Å². The summed E-state index contributed by atoms with van der Waals surface area (Å²) in [5.41, 5.74) is -1.28. The number of hydrogen-bond acceptors (Lipinski definition) is 3. The maximum Gasteiger partial charge on any atom is 0.306 e. The van der Waals surface area contributed by atoms with Crippen LogP contribution in [-0.2, 0) is 14.4 Å². The summed E-state index contributed by atoms with van der Waals surface area (Å²) in [6, 6.07) is 0. The number of aliphatic carboxylic acids is 1. The summed E-state index contributed by atoms with van der Waals surface area (Å²) < 4.78 is 0. The van der Waals surface area contributed by atoms with Crippen LogP contribution in [0.4, 0.5) is 0 Å². The number of ketones is 1. The van der Waals surface area contributed by atoms with Gasteiger partial charge in [0.25, 0.3) is 0 Å². The SMILES string of the molecule is CC1(C)[C@]2(C(=O)N3CCC(C(=O)O)CC3)CC[C@]1(C)C(=O)C2. The van der Waals surface area contributed by atoms with Crippen LogP contribution in [0.3, 0.4) is 0 Å². The fourth-order valence-corrected chi connectivity index (χ4v) is 4.97. The summed E-state index contributed by atoms with van der Waals surface area (Å²) >= 11 is 0. The molecule has 1 heterocycles. The molecule has 1 saturated heterocycles. The van der Waals surface area contributed by atoms with Crippen molar-refractivity contribution >= 4 is 17.7 Å². The van der Waals surface area contributed by atoms with Crippen LogP contribution in [0.1, 0.15) is 52.9 Å². The van der Waals surface area contributed by atoms with E-state index in [0.29, 0.717) is 32.4 Å². The van der Waals surface area contributed by atoms with E-state index in [1.54, 1.807) is 0 Å². The van der Waals surface area contributed by atoms with Crippen molar-refractivity contribution in [1.29, 1.82) is 0 Å². The molecule has 3 aliphatic rings. The monoisotopic (exact) mass is 307 g/mol. The molecular formula is C17H25NO4. The van der Waals surface area contributed by atoms with E-state index in [2.05, 4.69) is 13.8 Å². The molecule has 1 aliphatic heterocycles. The summed E-state index contributed by atoms with van der Waals surface area (Å²) in [4.78, 5) is 38.5. The van der Waals surface area contributed by atoms with Gasteiger partial charge in [-0.1, -0.05) is 20.8 Å². The molecule has 1 N–H and O–H groups in total. The van der Waals surface area contributed by atoms with Crippen LogP contribution in [0, 0.1) is 22.2 Å². The van der Waals surface area contributed by atoms with Gasteiger partial charge in [-0.05, 0) is 31.1 Å². The second kappa shape index (κ2) is 4.56. The molecule has 5 nitrogen and oxygen atoms in total. The first kappa shape index (κ1) is 15.5. The van der Waals surface area contributed by atoms with Gasteiger partial charge < -0.3 is 10.0 Å². The minimum Gasteiger partial charge on any atom is -0.481 e. The molecule has 0 aromatic carbocycles. The average molecular weight is 307 g/mol. The number of carboxylic acid groups (broad SMARTS) is 1. The molecule has 2 aliphatic carbocycles. The van der Waals surface area contributed by atoms with Gasteiger partial charge in [-0.25, -0.2) is 0 Å². The summed E-state index contributed by atoms with van der Waals surface area (Å²) in [6.07, 6.45) is 2.95. The molecule has 0 radical (unpaired) electrons. The Morgan fingerprint density at radius 2 is 1.73 bits per heavy atom. The van der Waals surface area contributed by atoms with E-state index >= 15 is 0 Å². The molecule has 122 valence electrons. The number of carbonyl (C=O) groups excluding carboxylic acids is 2. The van der Waals surface area contributed by atoms with Crippen molar-refractivity contribution in [2.24, 2.45) is 22.2 Å². The van der Waals surface area contributed by atoms with Crippen LogP contribution >= 0.6 is 0 Å². The van der Waals surface area contributed by atoms with Gasteiger partial charge in [0.15, 0.2) is 0 Å². The summed E-state index contributed by atoms with van der Waals surface area (Å²) in [5, 5.41) is 9.08. The van der Waals surface area contributed by atoms with Gasteiger partial charge in [-0.15, -0.1) is 0 Å². The largest absolute Gasteiger partial charge is 0.481 e. The third-order valence-electron chi connectivity index (χ3n) is 7.25. The van der Waals surface area contributed by atoms with E-state index in [9.17, 15) is 14.4 Å². The lowest BCUT2D eigenvalue weighted by Gasteiger charge is -2.43. The van der Waals surface area contributed by atoms with E-state index in [1.165, 1.54) is 0 Å². The Balaban J connectivity index is 1.82. The lowest BCUT2D eigenvalue weighted by atomic mass is 9.64. The molecule has 2 saturated carbocycles. The first-order valence-electron chi connectivity index (χ1n) is 8.21. The molecule has 0 aromatic heterocycles. The third-order valence-corrected chi connectivity index (χ3v) is 7.25. The van der Waals surface area contributed by atoms with E-state index < -0.39 is 11.4 Å². The first-order chi connectivity index (χ1) is 10.2. The molecule has 2 bridgehead atoms. The third kappa shape index (κ3) is 1.68. The number of rotatable bonds is 2. The molecule has 0 unspecified atom stereocenters. The normalized spacial score (nSPS) is 37.6. The second-order valence-corrected chi connectivity index (χ2v) is 8.04. The zero-order chi connectivity index (χ0) is 16.3. The highest BCUT2D eigenvalue weighted by atomic mass is 16.4. The molecular weight excluding hydrogens is 282 g/mol. The smallest absolute Gasteiger partial charge is 0.306 e. The van der Waals surface area contributed by atoms with E-state index in [-0.39, 0.29) is 28.4 Å². The lowest BCUT2D eigenvalue weighted by molar-refractivity contribution is -0.152. The van der Waals surface area contributed by atoms with Crippen LogP contribution in [0.15, 0.2) is 0 Å². The van der Waals surface area contributed by atoms with E-state index in [0.717, 1.165) is 12.8 Å². The first-order valence-corrected chi connectivity index (χ1v) is 8.21. The summed E-state index contributed by atoms with van der Waals surface area (Å²) in [7, 11) is 0. The zero-order valence-corrected chi connectivity index (χ0v) is 13.6.